The molecule has 0 radical (unpaired) electrons. The summed E-state index contributed by atoms with van der Waals surface area (Å²) in [5.41, 5.74) is 0.758. The van der Waals surface area contributed by atoms with Crippen molar-refractivity contribution in [1.82, 2.24) is 15.2 Å². The van der Waals surface area contributed by atoms with E-state index in [1.54, 1.807) is 18.3 Å². The van der Waals surface area contributed by atoms with Crippen LogP contribution in [0.4, 0.5) is 14.6 Å². The number of aromatic nitrogens is 1. The topological polar surface area (TPSA) is 62.2 Å². The molecule has 0 unspecified atom stereocenters. The van der Waals surface area contributed by atoms with Crippen LogP contribution >= 0.6 is 0 Å². The number of ether oxygens (including phenoxy) is 2. The summed E-state index contributed by atoms with van der Waals surface area (Å²) in [7, 11) is 1.42. The van der Waals surface area contributed by atoms with E-state index >= 15 is 0 Å². The van der Waals surface area contributed by atoms with Crippen LogP contribution in [-0.2, 0) is 6.54 Å². The van der Waals surface area contributed by atoms with Crippen LogP contribution in [0.3, 0.4) is 0 Å². The monoisotopic (exact) mass is 419 g/mol. The Kier molecular flexibility index (Phi) is 7.64. The van der Waals surface area contributed by atoms with Crippen LogP contribution in [-0.4, -0.2) is 62.3 Å². The first-order valence-electron chi connectivity index (χ1n) is 9.91. The van der Waals surface area contributed by atoms with E-state index in [1.807, 2.05) is 25.1 Å². The fourth-order valence-electron chi connectivity index (χ4n) is 3.29. The van der Waals surface area contributed by atoms with Crippen molar-refractivity contribution in [3.63, 3.8) is 0 Å². The Bertz CT molecular complexity index is 827. The van der Waals surface area contributed by atoms with E-state index in [0.717, 1.165) is 50.1 Å². The summed E-state index contributed by atoms with van der Waals surface area (Å²) in [6.07, 6.45) is 1.80. The molecule has 3 rings (SSSR count). The van der Waals surface area contributed by atoms with Gasteiger partial charge in [0.2, 0.25) is 0 Å². The molecule has 30 heavy (non-hydrogen) atoms. The van der Waals surface area contributed by atoms with Crippen LogP contribution in [0, 0.1) is 0 Å². The summed E-state index contributed by atoms with van der Waals surface area (Å²) < 4.78 is 34.9. The third kappa shape index (κ3) is 5.71. The first kappa shape index (κ1) is 21.6. The zero-order valence-electron chi connectivity index (χ0n) is 17.2. The van der Waals surface area contributed by atoms with Crippen LogP contribution in [0.2, 0.25) is 0 Å². The number of aliphatic imine (C=N–C) groups is 1. The average molecular weight is 419 g/mol. The molecule has 0 bridgehead atoms. The maximum Gasteiger partial charge on any atom is 0.387 e. The van der Waals surface area contributed by atoms with Gasteiger partial charge in [-0.05, 0) is 36.8 Å². The van der Waals surface area contributed by atoms with Gasteiger partial charge in [0.1, 0.15) is 5.82 Å². The second-order valence-corrected chi connectivity index (χ2v) is 6.70. The molecule has 162 valence electrons. The Hall–Kier alpha value is -3.10. The maximum absolute atomic E-state index is 12.6. The van der Waals surface area contributed by atoms with E-state index in [1.165, 1.54) is 13.2 Å². The Morgan fingerprint density at radius 2 is 1.97 bits per heavy atom. The molecule has 0 saturated carbocycles. The molecule has 1 aliphatic heterocycles. The van der Waals surface area contributed by atoms with Gasteiger partial charge in [0.15, 0.2) is 17.5 Å². The Morgan fingerprint density at radius 3 is 2.60 bits per heavy atom. The minimum Gasteiger partial charge on any atom is -0.493 e. The van der Waals surface area contributed by atoms with Crippen molar-refractivity contribution in [2.45, 2.75) is 20.1 Å². The number of guanidine groups is 1. The summed E-state index contributed by atoms with van der Waals surface area (Å²) in [6, 6.07) is 10.9. The van der Waals surface area contributed by atoms with E-state index in [9.17, 15) is 8.78 Å². The number of halogens is 2. The molecule has 9 heteroatoms. The first-order valence-corrected chi connectivity index (χ1v) is 9.91. The normalized spacial score (nSPS) is 14.8. The number of rotatable bonds is 7. The summed E-state index contributed by atoms with van der Waals surface area (Å²) in [5.74, 6) is 2.05. The molecule has 1 saturated heterocycles. The van der Waals surface area contributed by atoms with Crippen molar-refractivity contribution in [1.29, 1.82) is 0 Å². The van der Waals surface area contributed by atoms with Crippen molar-refractivity contribution in [3.05, 3.63) is 48.2 Å². The van der Waals surface area contributed by atoms with Crippen molar-refractivity contribution in [2.24, 2.45) is 4.99 Å². The second-order valence-electron chi connectivity index (χ2n) is 6.70. The third-order valence-corrected chi connectivity index (χ3v) is 4.74. The molecule has 2 heterocycles. The molecule has 1 N–H and O–H groups in total. The fourth-order valence-corrected chi connectivity index (χ4v) is 3.29. The maximum atomic E-state index is 12.6. The van der Waals surface area contributed by atoms with Crippen molar-refractivity contribution >= 4 is 11.8 Å². The van der Waals surface area contributed by atoms with Crippen molar-refractivity contribution < 1.29 is 18.3 Å². The van der Waals surface area contributed by atoms with Crippen LogP contribution < -0.4 is 19.7 Å². The van der Waals surface area contributed by atoms with E-state index < -0.39 is 6.61 Å². The average Bonchev–Trinajstić information content (AvgIpc) is 2.77. The molecule has 0 aliphatic carbocycles. The number of hydrogen-bond acceptors (Lipinski definition) is 5. The Balaban J connectivity index is 1.66. The van der Waals surface area contributed by atoms with Crippen LogP contribution in [0.25, 0.3) is 0 Å². The van der Waals surface area contributed by atoms with E-state index in [4.69, 9.17) is 9.73 Å². The Labute approximate surface area is 175 Å². The number of piperazine rings is 1. The van der Waals surface area contributed by atoms with Gasteiger partial charge in [-0.1, -0.05) is 12.1 Å². The van der Waals surface area contributed by atoms with Gasteiger partial charge < -0.3 is 24.6 Å². The molecule has 0 spiro atoms. The molecule has 1 fully saturated rings. The minimum atomic E-state index is -2.91. The quantitative estimate of drug-likeness (QED) is 0.550. The van der Waals surface area contributed by atoms with Gasteiger partial charge in [-0.2, -0.15) is 8.78 Å². The molecular formula is C21H27F2N5O2. The molecule has 0 amide bonds. The number of nitrogens with one attached hydrogen (secondary N) is 1. The van der Waals surface area contributed by atoms with Gasteiger partial charge in [0.25, 0.3) is 0 Å². The largest absolute Gasteiger partial charge is 0.493 e. The molecule has 0 atom stereocenters. The zero-order chi connectivity index (χ0) is 21.3. The number of nitrogens with zero attached hydrogens (tertiary/aromatic N) is 4. The highest BCUT2D eigenvalue weighted by atomic mass is 19.3. The van der Waals surface area contributed by atoms with Gasteiger partial charge in [-0.25, -0.2) is 9.98 Å². The van der Waals surface area contributed by atoms with E-state index in [-0.39, 0.29) is 11.5 Å². The molecule has 1 aromatic carbocycles. The molecule has 7 nitrogen and oxygen atoms in total. The van der Waals surface area contributed by atoms with Crippen molar-refractivity contribution in [2.75, 3.05) is 44.7 Å². The number of alkyl halides is 2. The number of hydrogen-bond donors (Lipinski definition) is 1. The van der Waals surface area contributed by atoms with Crippen LogP contribution in [0.5, 0.6) is 11.5 Å². The van der Waals surface area contributed by atoms with Gasteiger partial charge >= 0.3 is 6.61 Å². The lowest BCUT2D eigenvalue weighted by Gasteiger charge is -2.37. The Morgan fingerprint density at radius 1 is 1.17 bits per heavy atom. The SMILES string of the molecule is CCNC(=NCc1ccc(OC)c(OC(F)F)c1)N1CCN(c2ccccn2)CC1. The summed E-state index contributed by atoms with van der Waals surface area (Å²) in [5, 5.41) is 3.31. The highest BCUT2D eigenvalue weighted by molar-refractivity contribution is 5.80. The van der Waals surface area contributed by atoms with Gasteiger partial charge in [0.05, 0.1) is 13.7 Å². The summed E-state index contributed by atoms with van der Waals surface area (Å²) in [6.45, 7) is 3.49. The highest BCUT2D eigenvalue weighted by Crippen LogP contribution is 2.29. The first-order chi connectivity index (χ1) is 14.6. The van der Waals surface area contributed by atoms with Gasteiger partial charge in [-0.15, -0.1) is 0 Å². The summed E-state index contributed by atoms with van der Waals surface area (Å²) >= 11 is 0. The van der Waals surface area contributed by atoms with E-state index in [2.05, 4.69) is 24.8 Å². The lowest BCUT2D eigenvalue weighted by molar-refractivity contribution is -0.0512. The molecular weight excluding hydrogens is 392 g/mol. The highest BCUT2D eigenvalue weighted by Gasteiger charge is 2.20. The lowest BCUT2D eigenvalue weighted by Crippen LogP contribution is -2.52. The van der Waals surface area contributed by atoms with E-state index in [0.29, 0.717) is 6.54 Å². The second kappa shape index (κ2) is 10.6. The van der Waals surface area contributed by atoms with Gasteiger partial charge in [0, 0.05) is 38.9 Å². The fraction of sp³-hybridized carbons (Fsp3) is 0.429. The third-order valence-electron chi connectivity index (χ3n) is 4.74. The van der Waals surface area contributed by atoms with Crippen LogP contribution in [0.1, 0.15) is 12.5 Å². The summed E-state index contributed by atoms with van der Waals surface area (Å²) in [4.78, 5) is 13.6. The standard InChI is InChI=1S/C21H27F2N5O2/c1-3-24-21(28-12-10-27(11-13-28)19-6-4-5-9-25-19)26-15-16-7-8-17(29-2)18(14-16)30-20(22)23/h4-9,14,20H,3,10-13,15H2,1-2H3,(H,24,26). The smallest absolute Gasteiger partial charge is 0.387 e. The number of methoxy groups -OCH3 is 1. The van der Waals surface area contributed by atoms with Crippen molar-refractivity contribution in [3.8, 4) is 11.5 Å². The molecule has 2 aromatic rings. The predicted octanol–water partition coefficient (Wildman–Crippen LogP) is 2.98. The predicted molar refractivity (Wildman–Crippen MR) is 112 cm³/mol. The number of benzene rings is 1. The lowest BCUT2D eigenvalue weighted by atomic mass is 10.2. The number of anilines is 1. The minimum absolute atomic E-state index is 0.00850. The van der Waals surface area contributed by atoms with Crippen LogP contribution in [0.15, 0.2) is 47.6 Å². The zero-order valence-corrected chi connectivity index (χ0v) is 17.2. The number of pyridine rings is 1. The van der Waals surface area contributed by atoms with Gasteiger partial charge in [-0.3, -0.25) is 0 Å². The molecule has 1 aromatic heterocycles. The molecule has 1 aliphatic rings.